The maximum Gasteiger partial charge on any atom is 0.278 e. The molecule has 0 aliphatic carbocycles. The number of amides is 1. The number of halogens is 1. The fraction of sp³-hybridized carbons (Fsp3) is 0.105. The van der Waals surface area contributed by atoms with E-state index >= 15 is 0 Å². The summed E-state index contributed by atoms with van der Waals surface area (Å²) in [6.45, 7) is 2.06. The second-order valence-electron chi connectivity index (χ2n) is 5.94. The zero-order valence-corrected chi connectivity index (χ0v) is 15.8. The predicted octanol–water partition coefficient (Wildman–Crippen LogP) is 2.66. The van der Waals surface area contributed by atoms with Crippen molar-refractivity contribution >= 4 is 28.8 Å². The minimum Gasteiger partial charge on any atom is -0.593 e. The smallest absolute Gasteiger partial charge is 0.278 e. The summed E-state index contributed by atoms with van der Waals surface area (Å²) in [6, 6.07) is 11.4. The van der Waals surface area contributed by atoms with E-state index in [0.29, 0.717) is 5.69 Å². The number of aromatic nitrogens is 2. The molecule has 0 radical (unpaired) electrons. The molecule has 5 N–H and O–H groups in total. The molecular weight excluding hydrogens is 381 g/mol. The lowest BCUT2D eigenvalue weighted by Gasteiger charge is -2.10. The SMILES string of the molecule is CCc1ccc(-c2cnc(N)c(C(=O)Nc3ccc([S+](N)[O-])c(F)c3)n2)cc1. The third-order valence-corrected chi connectivity index (χ3v) is 4.84. The Labute approximate surface area is 164 Å². The number of nitrogen functional groups attached to an aromatic ring is 1. The highest BCUT2D eigenvalue weighted by atomic mass is 32.2. The van der Waals surface area contributed by atoms with E-state index in [1.165, 1.54) is 23.9 Å². The van der Waals surface area contributed by atoms with E-state index in [1.807, 2.05) is 24.3 Å². The lowest BCUT2D eigenvalue weighted by atomic mass is 10.1. The number of benzene rings is 2. The molecule has 0 saturated carbocycles. The molecule has 0 bridgehead atoms. The number of nitrogens with zero attached hydrogens (tertiary/aromatic N) is 2. The van der Waals surface area contributed by atoms with Crippen LogP contribution in [0.5, 0.6) is 0 Å². The third kappa shape index (κ3) is 4.28. The van der Waals surface area contributed by atoms with Gasteiger partial charge < -0.3 is 15.6 Å². The maximum atomic E-state index is 13.9. The molecule has 1 amide bonds. The number of aryl methyl sites for hydroxylation is 1. The van der Waals surface area contributed by atoms with Gasteiger partial charge in [-0.2, -0.15) is 0 Å². The van der Waals surface area contributed by atoms with Crippen LogP contribution in [-0.4, -0.2) is 20.4 Å². The fourth-order valence-electron chi connectivity index (χ4n) is 2.55. The quantitative estimate of drug-likeness (QED) is 0.566. The molecular formula is C19H18FN5O2S. The van der Waals surface area contributed by atoms with Crippen LogP contribution in [0.3, 0.4) is 0 Å². The Hall–Kier alpha value is -3.01. The molecule has 1 atom stereocenters. The Morgan fingerprint density at radius 2 is 1.96 bits per heavy atom. The van der Waals surface area contributed by atoms with Crippen LogP contribution in [0, 0.1) is 5.82 Å². The van der Waals surface area contributed by atoms with Crippen molar-refractivity contribution in [3.63, 3.8) is 0 Å². The van der Waals surface area contributed by atoms with Crippen LogP contribution in [0.2, 0.25) is 0 Å². The fourth-order valence-corrected chi connectivity index (χ4v) is 3.00. The zero-order valence-electron chi connectivity index (χ0n) is 15.0. The van der Waals surface area contributed by atoms with Crippen LogP contribution >= 0.6 is 0 Å². The molecule has 0 spiro atoms. The first-order chi connectivity index (χ1) is 13.4. The molecule has 7 nitrogen and oxygen atoms in total. The molecule has 1 heterocycles. The van der Waals surface area contributed by atoms with Crippen LogP contribution in [0.25, 0.3) is 11.3 Å². The van der Waals surface area contributed by atoms with Crippen molar-refractivity contribution in [1.29, 1.82) is 0 Å². The molecule has 0 aliphatic rings. The monoisotopic (exact) mass is 399 g/mol. The summed E-state index contributed by atoms with van der Waals surface area (Å²) in [7, 11) is 0. The van der Waals surface area contributed by atoms with Crippen molar-refractivity contribution in [3.05, 3.63) is 65.7 Å². The molecule has 3 aromatic rings. The molecule has 2 aromatic carbocycles. The van der Waals surface area contributed by atoms with E-state index in [4.69, 9.17) is 10.9 Å². The number of anilines is 2. The van der Waals surface area contributed by atoms with Crippen LogP contribution in [0.4, 0.5) is 15.9 Å². The Kier molecular flexibility index (Phi) is 5.88. The van der Waals surface area contributed by atoms with Crippen molar-refractivity contribution in [2.24, 2.45) is 5.14 Å². The number of rotatable bonds is 5. The number of carbonyl (C=O) groups excluding carboxylic acids is 1. The van der Waals surface area contributed by atoms with E-state index in [1.54, 1.807) is 0 Å². The summed E-state index contributed by atoms with van der Waals surface area (Å²) < 4.78 is 25.1. The van der Waals surface area contributed by atoms with Crippen molar-refractivity contribution < 1.29 is 13.7 Å². The summed E-state index contributed by atoms with van der Waals surface area (Å²) >= 11 is -1.96. The minimum absolute atomic E-state index is 0.0495. The van der Waals surface area contributed by atoms with Gasteiger partial charge in [0.25, 0.3) is 5.91 Å². The number of hydrogen-bond acceptors (Lipinski definition) is 6. The maximum absolute atomic E-state index is 13.9. The minimum atomic E-state index is -1.96. The van der Waals surface area contributed by atoms with Gasteiger partial charge in [0.15, 0.2) is 17.3 Å². The summed E-state index contributed by atoms with van der Waals surface area (Å²) in [6.07, 6.45) is 2.40. The normalized spacial score (nSPS) is 11.9. The summed E-state index contributed by atoms with van der Waals surface area (Å²) in [5, 5.41) is 7.68. The molecule has 1 unspecified atom stereocenters. The van der Waals surface area contributed by atoms with Gasteiger partial charge in [-0.1, -0.05) is 31.2 Å². The second-order valence-corrected chi connectivity index (χ2v) is 6.97. The Balaban J connectivity index is 1.86. The van der Waals surface area contributed by atoms with Gasteiger partial charge in [-0.05, 0) is 18.1 Å². The molecule has 28 heavy (non-hydrogen) atoms. The summed E-state index contributed by atoms with van der Waals surface area (Å²) in [5.41, 5.74) is 8.32. The van der Waals surface area contributed by atoms with E-state index in [9.17, 15) is 13.7 Å². The van der Waals surface area contributed by atoms with Crippen molar-refractivity contribution in [3.8, 4) is 11.3 Å². The van der Waals surface area contributed by atoms with Crippen LogP contribution in [-0.2, 0) is 17.8 Å². The largest absolute Gasteiger partial charge is 0.593 e. The number of carbonyl (C=O) groups is 1. The highest BCUT2D eigenvalue weighted by molar-refractivity contribution is 7.89. The van der Waals surface area contributed by atoms with E-state index in [2.05, 4.69) is 22.2 Å². The topological polar surface area (TPSA) is 130 Å². The van der Waals surface area contributed by atoms with Gasteiger partial charge in [0.05, 0.1) is 23.3 Å². The zero-order chi connectivity index (χ0) is 20.3. The van der Waals surface area contributed by atoms with Crippen LogP contribution in [0.1, 0.15) is 23.0 Å². The molecule has 0 saturated heterocycles. The Morgan fingerprint density at radius 3 is 2.57 bits per heavy atom. The molecule has 9 heteroatoms. The number of nitrogens with one attached hydrogen (secondary N) is 1. The first-order valence-electron chi connectivity index (χ1n) is 8.38. The molecule has 144 valence electrons. The van der Waals surface area contributed by atoms with Crippen molar-refractivity contribution in [2.45, 2.75) is 18.2 Å². The van der Waals surface area contributed by atoms with Gasteiger partial charge in [-0.15, -0.1) is 5.14 Å². The standard InChI is InChI=1S/C19H18FN5O2S/c1-2-11-3-5-12(6-4-11)15-10-23-18(21)17(25-15)19(26)24-13-7-8-16(28(22)27)14(20)9-13/h3-10H,2,22H2,1H3,(H2,21,23)(H,24,26). The van der Waals surface area contributed by atoms with Crippen molar-refractivity contribution in [1.82, 2.24) is 9.97 Å². The van der Waals surface area contributed by atoms with Gasteiger partial charge in [0.2, 0.25) is 4.90 Å². The van der Waals surface area contributed by atoms with Gasteiger partial charge in [-0.25, -0.2) is 14.4 Å². The van der Waals surface area contributed by atoms with E-state index < -0.39 is 23.1 Å². The van der Waals surface area contributed by atoms with Gasteiger partial charge >= 0.3 is 0 Å². The molecule has 0 fully saturated rings. The van der Waals surface area contributed by atoms with E-state index in [0.717, 1.165) is 18.1 Å². The Bertz CT molecular complexity index is 1010. The first-order valence-corrected chi connectivity index (χ1v) is 9.59. The highest BCUT2D eigenvalue weighted by Gasteiger charge is 2.18. The van der Waals surface area contributed by atoms with Crippen molar-refractivity contribution in [2.75, 3.05) is 11.1 Å². The van der Waals surface area contributed by atoms with Crippen LogP contribution < -0.4 is 16.2 Å². The highest BCUT2D eigenvalue weighted by Crippen LogP contribution is 2.21. The number of hydrogen-bond donors (Lipinski definition) is 3. The van der Waals surface area contributed by atoms with Gasteiger partial charge in [0, 0.05) is 23.4 Å². The average Bonchev–Trinajstić information content (AvgIpc) is 2.68. The van der Waals surface area contributed by atoms with Crippen LogP contribution in [0.15, 0.2) is 53.6 Å². The Morgan fingerprint density at radius 1 is 1.25 bits per heavy atom. The molecule has 0 aliphatic heterocycles. The predicted molar refractivity (Wildman–Crippen MR) is 106 cm³/mol. The summed E-state index contributed by atoms with van der Waals surface area (Å²) in [5.74, 6) is -1.48. The molecule has 1 aromatic heterocycles. The lowest BCUT2D eigenvalue weighted by molar-refractivity contribution is 0.102. The van der Waals surface area contributed by atoms with E-state index in [-0.39, 0.29) is 22.1 Å². The number of nitrogens with two attached hydrogens (primary N) is 2. The first kappa shape index (κ1) is 19.7. The molecule has 3 rings (SSSR count). The third-order valence-electron chi connectivity index (χ3n) is 4.08. The van der Waals surface area contributed by atoms with Gasteiger partial charge in [-0.3, -0.25) is 4.79 Å². The van der Waals surface area contributed by atoms with Gasteiger partial charge in [0.1, 0.15) is 0 Å². The lowest BCUT2D eigenvalue weighted by Crippen LogP contribution is -2.18. The summed E-state index contributed by atoms with van der Waals surface area (Å²) in [4.78, 5) is 20.7. The second kappa shape index (κ2) is 8.34. The average molecular weight is 399 g/mol.